The lowest BCUT2D eigenvalue weighted by Crippen LogP contribution is -2.58. The molecule has 30 heavy (non-hydrogen) atoms. The Kier molecular flexibility index (Phi) is 8.28. The van der Waals surface area contributed by atoms with Crippen LogP contribution in [0.25, 0.3) is 0 Å². The molecule has 1 saturated heterocycles. The first kappa shape index (κ1) is 23.2. The van der Waals surface area contributed by atoms with Crippen LogP contribution in [0.4, 0.5) is 8.78 Å². The van der Waals surface area contributed by atoms with Crippen LogP contribution in [0.5, 0.6) is 0 Å². The van der Waals surface area contributed by atoms with Gasteiger partial charge in [-0.1, -0.05) is 24.3 Å². The molecular weight excluding hydrogens is 402 g/mol. The van der Waals surface area contributed by atoms with Crippen molar-refractivity contribution in [3.8, 4) is 0 Å². The molecule has 0 aromatic heterocycles. The quantitative estimate of drug-likeness (QED) is 0.659. The van der Waals surface area contributed by atoms with Gasteiger partial charge >= 0.3 is 0 Å². The van der Waals surface area contributed by atoms with Crippen LogP contribution in [0.2, 0.25) is 0 Å². The SMILES string of the molecule is CC(O)CN1C(C)CN(CCSC(c2ccc(F)cc2)c2ccc(F)cc2)CC1C. The summed E-state index contributed by atoms with van der Waals surface area (Å²) in [7, 11) is 0. The van der Waals surface area contributed by atoms with E-state index in [4.69, 9.17) is 0 Å². The van der Waals surface area contributed by atoms with Gasteiger partial charge in [0.05, 0.1) is 11.4 Å². The number of hydrogen-bond donors (Lipinski definition) is 1. The Labute approximate surface area is 183 Å². The number of β-amino-alcohol motifs (C(OH)–C–C–N with tert-alkyl or cyclic N) is 1. The van der Waals surface area contributed by atoms with E-state index in [1.54, 1.807) is 11.8 Å². The Morgan fingerprint density at radius 1 is 0.933 bits per heavy atom. The topological polar surface area (TPSA) is 26.7 Å². The molecule has 164 valence electrons. The molecule has 2 aromatic carbocycles. The van der Waals surface area contributed by atoms with Crippen LogP contribution >= 0.6 is 11.8 Å². The fourth-order valence-electron chi connectivity index (χ4n) is 4.27. The van der Waals surface area contributed by atoms with Gasteiger partial charge in [-0.3, -0.25) is 9.80 Å². The molecule has 1 aliphatic heterocycles. The third-order valence-corrected chi connectivity index (χ3v) is 6.99. The highest BCUT2D eigenvalue weighted by Gasteiger charge is 2.29. The Morgan fingerprint density at radius 2 is 1.40 bits per heavy atom. The molecular formula is C24H32F2N2OS. The minimum Gasteiger partial charge on any atom is -0.392 e. The molecule has 3 rings (SSSR count). The molecule has 0 saturated carbocycles. The molecule has 3 unspecified atom stereocenters. The first-order valence-electron chi connectivity index (χ1n) is 10.6. The van der Waals surface area contributed by atoms with Gasteiger partial charge in [-0.2, -0.15) is 0 Å². The van der Waals surface area contributed by atoms with Crippen LogP contribution in [0.3, 0.4) is 0 Å². The number of nitrogens with zero attached hydrogens (tertiary/aromatic N) is 2. The van der Waals surface area contributed by atoms with Crippen LogP contribution in [0, 0.1) is 11.6 Å². The highest BCUT2D eigenvalue weighted by atomic mass is 32.2. The average molecular weight is 435 g/mol. The van der Waals surface area contributed by atoms with Gasteiger partial charge in [-0.05, 0) is 56.2 Å². The number of aliphatic hydroxyl groups is 1. The maximum atomic E-state index is 13.4. The molecule has 1 fully saturated rings. The fourth-order valence-corrected chi connectivity index (χ4v) is 5.57. The Bertz CT molecular complexity index is 727. The van der Waals surface area contributed by atoms with E-state index in [0.29, 0.717) is 18.6 Å². The van der Waals surface area contributed by atoms with E-state index in [1.165, 1.54) is 24.3 Å². The van der Waals surface area contributed by atoms with Gasteiger partial charge in [-0.15, -0.1) is 11.8 Å². The second-order valence-electron chi connectivity index (χ2n) is 8.36. The maximum Gasteiger partial charge on any atom is 0.123 e. The van der Waals surface area contributed by atoms with Crippen molar-refractivity contribution in [2.45, 2.75) is 44.2 Å². The molecule has 3 atom stereocenters. The lowest BCUT2D eigenvalue weighted by molar-refractivity contribution is 0.0115. The zero-order chi connectivity index (χ0) is 21.7. The minimum atomic E-state index is -0.316. The Hall–Kier alpha value is -1.47. The van der Waals surface area contributed by atoms with Crippen molar-refractivity contribution in [1.82, 2.24) is 9.80 Å². The van der Waals surface area contributed by atoms with Crippen molar-refractivity contribution in [1.29, 1.82) is 0 Å². The molecule has 3 nitrogen and oxygen atoms in total. The molecule has 0 bridgehead atoms. The average Bonchev–Trinajstić information content (AvgIpc) is 2.70. The lowest BCUT2D eigenvalue weighted by atomic mass is 10.0. The number of rotatable bonds is 8. The molecule has 0 spiro atoms. The first-order chi connectivity index (χ1) is 14.3. The van der Waals surface area contributed by atoms with Gasteiger partial charge in [0.1, 0.15) is 11.6 Å². The largest absolute Gasteiger partial charge is 0.392 e. The zero-order valence-electron chi connectivity index (χ0n) is 18.0. The number of halogens is 2. The van der Waals surface area contributed by atoms with Crippen LogP contribution in [-0.2, 0) is 0 Å². The standard InChI is InChI=1S/C24H32F2N2OS/c1-17-14-27(15-18(2)28(17)16-19(3)29)12-13-30-24(20-4-8-22(25)9-5-20)21-6-10-23(26)11-7-21/h4-11,17-19,24,29H,12-16H2,1-3H3. The van der Waals surface area contributed by atoms with Crippen LogP contribution in [-0.4, -0.2) is 65.0 Å². The second kappa shape index (κ2) is 10.7. The molecule has 0 aliphatic carbocycles. The van der Waals surface area contributed by atoms with Crippen molar-refractivity contribution in [2.24, 2.45) is 0 Å². The van der Waals surface area contributed by atoms with Crippen LogP contribution in [0.15, 0.2) is 48.5 Å². The third-order valence-electron chi connectivity index (χ3n) is 5.69. The Morgan fingerprint density at radius 3 is 1.83 bits per heavy atom. The predicted octanol–water partition coefficient (Wildman–Crippen LogP) is 4.56. The van der Waals surface area contributed by atoms with Gasteiger partial charge in [0.15, 0.2) is 0 Å². The molecule has 1 aliphatic rings. The van der Waals surface area contributed by atoms with E-state index < -0.39 is 0 Å². The summed E-state index contributed by atoms with van der Waals surface area (Å²) in [6.45, 7) is 9.91. The third kappa shape index (κ3) is 6.27. The number of thioether (sulfide) groups is 1. The number of benzene rings is 2. The summed E-state index contributed by atoms with van der Waals surface area (Å²) in [4.78, 5) is 4.86. The van der Waals surface area contributed by atoms with Crippen LogP contribution < -0.4 is 0 Å². The smallest absolute Gasteiger partial charge is 0.123 e. The molecule has 1 N–H and O–H groups in total. The summed E-state index contributed by atoms with van der Waals surface area (Å²) in [5, 5.41) is 9.79. The number of hydrogen-bond acceptors (Lipinski definition) is 4. The summed E-state index contributed by atoms with van der Waals surface area (Å²) >= 11 is 1.81. The van der Waals surface area contributed by atoms with Gasteiger partial charge < -0.3 is 5.11 Å². The summed E-state index contributed by atoms with van der Waals surface area (Å²) in [6.07, 6.45) is -0.316. The molecule has 6 heteroatoms. The second-order valence-corrected chi connectivity index (χ2v) is 9.57. The van der Waals surface area contributed by atoms with E-state index in [0.717, 1.165) is 36.5 Å². The molecule has 0 amide bonds. The van der Waals surface area contributed by atoms with Crippen LogP contribution in [0.1, 0.15) is 37.1 Å². The van der Waals surface area contributed by atoms with Crippen molar-refractivity contribution in [3.05, 3.63) is 71.3 Å². The fraction of sp³-hybridized carbons (Fsp3) is 0.500. The van der Waals surface area contributed by atoms with Crippen molar-refractivity contribution in [3.63, 3.8) is 0 Å². The van der Waals surface area contributed by atoms with Gasteiger partial charge in [0.2, 0.25) is 0 Å². The van der Waals surface area contributed by atoms with E-state index >= 15 is 0 Å². The zero-order valence-corrected chi connectivity index (χ0v) is 18.8. The van der Waals surface area contributed by atoms with Gasteiger partial charge in [0, 0.05) is 44.0 Å². The van der Waals surface area contributed by atoms with Gasteiger partial charge in [0.25, 0.3) is 0 Å². The predicted molar refractivity (Wildman–Crippen MR) is 121 cm³/mol. The van der Waals surface area contributed by atoms with Gasteiger partial charge in [-0.25, -0.2) is 8.78 Å². The van der Waals surface area contributed by atoms with E-state index in [1.807, 2.05) is 31.2 Å². The highest BCUT2D eigenvalue weighted by Crippen LogP contribution is 2.36. The van der Waals surface area contributed by atoms with E-state index in [9.17, 15) is 13.9 Å². The maximum absolute atomic E-state index is 13.4. The molecule has 1 heterocycles. The monoisotopic (exact) mass is 434 g/mol. The summed E-state index contributed by atoms with van der Waals surface area (Å²) < 4.78 is 26.8. The summed E-state index contributed by atoms with van der Waals surface area (Å²) in [6, 6.07) is 14.0. The van der Waals surface area contributed by atoms with E-state index in [-0.39, 0.29) is 23.0 Å². The van der Waals surface area contributed by atoms with E-state index in [2.05, 4.69) is 23.6 Å². The highest BCUT2D eigenvalue weighted by molar-refractivity contribution is 7.99. The first-order valence-corrected chi connectivity index (χ1v) is 11.7. The summed E-state index contributed by atoms with van der Waals surface area (Å²) in [5.74, 6) is 0.425. The molecule has 0 radical (unpaired) electrons. The molecule has 2 aromatic rings. The minimum absolute atomic E-state index is 0.0394. The summed E-state index contributed by atoms with van der Waals surface area (Å²) in [5.41, 5.74) is 2.05. The van der Waals surface area contributed by atoms with Crippen molar-refractivity contribution >= 4 is 11.8 Å². The Balaban J connectivity index is 1.62. The lowest BCUT2D eigenvalue weighted by Gasteiger charge is -2.45. The normalized spacial score (nSPS) is 21.8. The number of aliphatic hydroxyl groups excluding tert-OH is 1. The van der Waals surface area contributed by atoms with Crippen molar-refractivity contribution in [2.75, 3.05) is 31.9 Å². The number of piperazine rings is 1. The van der Waals surface area contributed by atoms with Crippen molar-refractivity contribution < 1.29 is 13.9 Å².